The summed E-state index contributed by atoms with van der Waals surface area (Å²) in [6.07, 6.45) is 7.43. The molecule has 0 unspecified atom stereocenters. The number of benzene rings is 1. The zero-order valence-electron chi connectivity index (χ0n) is 23.6. The molecule has 2 N–H and O–H groups in total. The Morgan fingerprint density at radius 3 is 2.72 bits per heavy atom. The number of hydrogen-bond donors (Lipinski definition) is 1. The monoisotopic (exact) mass is 607 g/mol. The van der Waals surface area contributed by atoms with Gasteiger partial charge in [0.15, 0.2) is 5.16 Å². The molecule has 0 radical (unpaired) electrons. The van der Waals surface area contributed by atoms with Crippen molar-refractivity contribution in [2.24, 2.45) is 10.7 Å². The average molecular weight is 608 g/mol. The van der Waals surface area contributed by atoms with E-state index in [9.17, 15) is 22.8 Å². The number of carbonyl (C=O) groups is 1. The van der Waals surface area contributed by atoms with Gasteiger partial charge in [-0.15, -0.1) is 0 Å². The molecule has 4 aliphatic rings. The number of halogens is 3. The van der Waals surface area contributed by atoms with Gasteiger partial charge in [-0.3, -0.25) is 14.2 Å². The first kappa shape index (κ1) is 29.2. The van der Waals surface area contributed by atoms with Crippen molar-refractivity contribution < 1.29 is 18.0 Å². The van der Waals surface area contributed by atoms with Crippen molar-refractivity contribution >= 4 is 29.2 Å². The van der Waals surface area contributed by atoms with Gasteiger partial charge in [-0.05, 0) is 73.9 Å². The summed E-state index contributed by atoms with van der Waals surface area (Å²) in [5.41, 5.74) is 9.76. The molecule has 2 aliphatic heterocycles. The molecule has 0 saturated carbocycles. The van der Waals surface area contributed by atoms with Crippen molar-refractivity contribution in [2.45, 2.75) is 75.0 Å². The van der Waals surface area contributed by atoms with Crippen LogP contribution in [0.1, 0.15) is 72.1 Å². The molecule has 0 atom stereocenters. The Hall–Kier alpha value is -3.86. The molecule has 2 aliphatic carbocycles. The first-order valence-electron chi connectivity index (χ1n) is 14.5. The fourth-order valence-electron chi connectivity index (χ4n) is 5.95. The molecule has 6 rings (SSSR count). The highest BCUT2D eigenvalue weighted by Gasteiger charge is 2.36. The van der Waals surface area contributed by atoms with E-state index in [-0.39, 0.29) is 18.4 Å². The zero-order chi connectivity index (χ0) is 30.1. The normalized spacial score (nSPS) is 18.8. The van der Waals surface area contributed by atoms with Crippen LogP contribution < -0.4 is 11.3 Å². The van der Waals surface area contributed by atoms with Crippen LogP contribution in [-0.4, -0.2) is 38.9 Å². The first-order chi connectivity index (χ1) is 20.7. The molecular formula is C32H32F3N5O2S. The number of allylic oxidation sites excluding steroid dienone is 8. The van der Waals surface area contributed by atoms with Crippen molar-refractivity contribution in [1.82, 2.24) is 14.5 Å². The van der Waals surface area contributed by atoms with Crippen molar-refractivity contribution in [1.29, 1.82) is 0 Å². The minimum absolute atomic E-state index is 0.0630. The van der Waals surface area contributed by atoms with Gasteiger partial charge in [-0.2, -0.15) is 13.2 Å². The predicted molar refractivity (Wildman–Crippen MR) is 161 cm³/mol. The standard InChI is InChI=1S/C32H32F3N5O2S/c33-32(34,35)23-12-13-26-21(17-23)7-5-11-28(37-26)39-15-14-27-25(18-39)30(42)40(24-9-2-1-3-10-24)31(38-27)43-19-20-6-4-8-22(16-20)29(36)41/h2,4,6,8-10,16-17H,1,3,5,7,11-15,18-19H2,(H2,36,41). The Labute approximate surface area is 251 Å². The summed E-state index contributed by atoms with van der Waals surface area (Å²) >= 11 is 1.44. The summed E-state index contributed by atoms with van der Waals surface area (Å²) < 4.78 is 41.7. The number of carbonyl (C=O) groups excluding carboxylic acids is 1. The van der Waals surface area contributed by atoms with E-state index in [0.717, 1.165) is 41.3 Å². The van der Waals surface area contributed by atoms with Gasteiger partial charge in [0.25, 0.3) is 5.56 Å². The quantitative estimate of drug-likeness (QED) is 0.318. The Balaban J connectivity index is 1.31. The van der Waals surface area contributed by atoms with Crippen LogP contribution in [-0.2, 0) is 18.7 Å². The van der Waals surface area contributed by atoms with E-state index in [0.29, 0.717) is 66.4 Å². The van der Waals surface area contributed by atoms with Gasteiger partial charge in [0.05, 0.1) is 17.8 Å². The number of aromatic nitrogens is 2. The molecule has 224 valence electrons. The number of primary amides is 1. The molecule has 11 heteroatoms. The first-order valence-corrected chi connectivity index (χ1v) is 15.5. The second kappa shape index (κ2) is 12.0. The van der Waals surface area contributed by atoms with Gasteiger partial charge in [-0.25, -0.2) is 9.98 Å². The van der Waals surface area contributed by atoms with E-state index in [2.05, 4.69) is 4.90 Å². The van der Waals surface area contributed by atoms with E-state index >= 15 is 0 Å². The maximum absolute atomic E-state index is 14.1. The summed E-state index contributed by atoms with van der Waals surface area (Å²) in [5, 5.41) is 0.593. The maximum Gasteiger partial charge on any atom is 0.412 e. The van der Waals surface area contributed by atoms with Crippen LogP contribution >= 0.6 is 11.8 Å². The SMILES string of the molecule is NC(=O)c1cccc(CSc2nc3c(c(=O)n2C2=CCCC=C2)CN(C2=NC4=C(C=C(C(F)(F)F)CC4)CCC2)CC3)c1. The van der Waals surface area contributed by atoms with E-state index < -0.39 is 17.7 Å². The van der Waals surface area contributed by atoms with Crippen LogP contribution in [0.4, 0.5) is 13.2 Å². The molecule has 1 amide bonds. The third-order valence-corrected chi connectivity index (χ3v) is 9.21. The number of nitrogens with zero attached hydrogens (tertiary/aromatic N) is 4. The van der Waals surface area contributed by atoms with E-state index in [1.165, 1.54) is 17.8 Å². The number of hydrogen-bond acceptors (Lipinski definition) is 6. The van der Waals surface area contributed by atoms with Gasteiger partial charge >= 0.3 is 6.18 Å². The summed E-state index contributed by atoms with van der Waals surface area (Å²) in [6, 6.07) is 7.14. The number of amidine groups is 1. The molecule has 0 saturated heterocycles. The summed E-state index contributed by atoms with van der Waals surface area (Å²) in [6.45, 7) is 0.983. The molecule has 1 aromatic heterocycles. The lowest BCUT2D eigenvalue weighted by Crippen LogP contribution is -2.41. The highest BCUT2D eigenvalue weighted by molar-refractivity contribution is 7.98. The van der Waals surface area contributed by atoms with Crippen molar-refractivity contribution in [3.05, 3.63) is 98.2 Å². The lowest BCUT2D eigenvalue weighted by Gasteiger charge is -2.31. The summed E-state index contributed by atoms with van der Waals surface area (Å²) in [5.74, 6) is 0.846. The zero-order valence-corrected chi connectivity index (χ0v) is 24.4. The van der Waals surface area contributed by atoms with Crippen molar-refractivity contribution in [3.8, 4) is 0 Å². The van der Waals surface area contributed by atoms with Crippen LogP contribution in [0.3, 0.4) is 0 Å². The fourth-order valence-corrected chi connectivity index (χ4v) is 6.92. The van der Waals surface area contributed by atoms with Crippen LogP contribution in [0, 0.1) is 0 Å². The van der Waals surface area contributed by atoms with Gasteiger partial charge in [-0.1, -0.05) is 36.0 Å². The fraction of sp³-hybridized carbons (Fsp3) is 0.375. The molecule has 0 fully saturated rings. The topological polar surface area (TPSA) is 93.6 Å². The van der Waals surface area contributed by atoms with Crippen LogP contribution in [0.25, 0.3) is 5.70 Å². The molecule has 3 heterocycles. The predicted octanol–water partition coefficient (Wildman–Crippen LogP) is 6.30. The third kappa shape index (κ3) is 6.27. The third-order valence-electron chi connectivity index (χ3n) is 8.20. The number of alkyl halides is 3. The second-order valence-corrected chi connectivity index (χ2v) is 12.1. The largest absolute Gasteiger partial charge is 0.412 e. The number of thioether (sulfide) groups is 1. The van der Waals surface area contributed by atoms with Crippen molar-refractivity contribution in [2.75, 3.05) is 6.54 Å². The van der Waals surface area contributed by atoms with Crippen LogP contribution in [0.15, 0.2) is 80.4 Å². The molecule has 0 bridgehead atoms. The summed E-state index contributed by atoms with van der Waals surface area (Å²) in [7, 11) is 0. The van der Waals surface area contributed by atoms with Gasteiger partial charge in [0.2, 0.25) is 5.91 Å². The number of aliphatic imine (C=N–C) groups is 1. The Morgan fingerprint density at radius 2 is 1.95 bits per heavy atom. The minimum Gasteiger partial charge on any atom is -0.366 e. The second-order valence-electron chi connectivity index (χ2n) is 11.1. The minimum atomic E-state index is -4.31. The van der Waals surface area contributed by atoms with E-state index in [4.69, 9.17) is 15.7 Å². The Morgan fingerprint density at radius 1 is 1.09 bits per heavy atom. The molecule has 0 spiro atoms. The molecule has 1 aromatic carbocycles. The highest BCUT2D eigenvalue weighted by atomic mass is 32.2. The summed E-state index contributed by atoms with van der Waals surface area (Å²) in [4.78, 5) is 37.7. The molecular weight excluding hydrogens is 575 g/mol. The molecule has 2 aromatic rings. The highest BCUT2D eigenvalue weighted by Crippen LogP contribution is 2.38. The maximum atomic E-state index is 14.1. The number of amides is 1. The van der Waals surface area contributed by atoms with Crippen molar-refractivity contribution in [3.63, 3.8) is 0 Å². The Bertz CT molecular complexity index is 1680. The lowest BCUT2D eigenvalue weighted by atomic mass is 9.94. The smallest absolute Gasteiger partial charge is 0.366 e. The van der Waals surface area contributed by atoms with Gasteiger partial charge in [0, 0.05) is 47.7 Å². The van der Waals surface area contributed by atoms with Crippen LogP contribution in [0.5, 0.6) is 0 Å². The van der Waals surface area contributed by atoms with Crippen LogP contribution in [0.2, 0.25) is 0 Å². The average Bonchev–Trinajstić information content (AvgIpc) is 3.22. The number of rotatable bonds is 5. The number of fused-ring (bicyclic) bond motifs is 1. The van der Waals surface area contributed by atoms with Gasteiger partial charge in [0.1, 0.15) is 5.84 Å². The van der Waals surface area contributed by atoms with Gasteiger partial charge < -0.3 is 10.6 Å². The van der Waals surface area contributed by atoms with E-state index in [1.54, 1.807) is 22.8 Å². The number of nitrogens with two attached hydrogens (primary N) is 1. The lowest BCUT2D eigenvalue weighted by molar-refractivity contribution is -0.0942. The Kier molecular flexibility index (Phi) is 8.17. The van der Waals surface area contributed by atoms with E-state index in [1.807, 2.05) is 24.3 Å². The molecule has 7 nitrogen and oxygen atoms in total. The molecule has 43 heavy (non-hydrogen) atoms.